The van der Waals surface area contributed by atoms with Gasteiger partial charge in [-0.3, -0.25) is 0 Å². The number of nitrogens with one attached hydrogen (secondary N) is 1. The molecule has 0 saturated carbocycles. The van der Waals surface area contributed by atoms with Crippen LogP contribution in [0.15, 0.2) is 12.1 Å². The quantitative estimate of drug-likeness (QED) is 0.827. The fraction of sp³-hybridized carbons (Fsp3) is 0.533. The Labute approximate surface area is 131 Å². The topological polar surface area (TPSA) is 50.8 Å². The molecule has 5 nitrogen and oxygen atoms in total. The lowest BCUT2D eigenvalue weighted by Crippen LogP contribution is -2.36. The molecule has 0 heterocycles. The minimum atomic E-state index is -0.152. The molecule has 0 aliphatic heterocycles. The molecule has 0 spiro atoms. The smallest absolute Gasteiger partial charge is 0.321 e. The van der Waals surface area contributed by atoms with Gasteiger partial charge in [0.1, 0.15) is 11.5 Å². The van der Waals surface area contributed by atoms with Crippen LogP contribution in [-0.2, 0) is 0 Å². The molecule has 6 heteroatoms. The van der Waals surface area contributed by atoms with Gasteiger partial charge in [-0.05, 0) is 12.8 Å². The average Bonchev–Trinajstić information content (AvgIpc) is 2.48. The molecule has 118 valence electrons. The largest absolute Gasteiger partial charge is 0.495 e. The maximum atomic E-state index is 12.3. The molecule has 0 radical (unpaired) electrons. The molecule has 0 aliphatic carbocycles. The summed E-state index contributed by atoms with van der Waals surface area (Å²) in [4.78, 5) is 14.1. The van der Waals surface area contributed by atoms with Gasteiger partial charge in [-0.2, -0.15) is 0 Å². The highest BCUT2D eigenvalue weighted by Crippen LogP contribution is 2.35. The van der Waals surface area contributed by atoms with Crippen LogP contribution in [0.4, 0.5) is 10.5 Å². The van der Waals surface area contributed by atoms with Gasteiger partial charge in [0.25, 0.3) is 0 Å². The highest BCUT2D eigenvalue weighted by molar-refractivity contribution is 6.32. The molecule has 0 saturated heterocycles. The predicted molar refractivity (Wildman–Crippen MR) is 85.7 cm³/mol. The normalized spacial score (nSPS) is 10.1. The summed E-state index contributed by atoms with van der Waals surface area (Å²) in [6.07, 6.45) is 1.82. The molecule has 0 bridgehead atoms. The maximum absolute atomic E-state index is 12.3. The Morgan fingerprint density at radius 1 is 1.14 bits per heavy atom. The van der Waals surface area contributed by atoms with Crippen LogP contribution in [0.2, 0.25) is 5.02 Å². The zero-order valence-corrected chi connectivity index (χ0v) is 13.8. The zero-order valence-electron chi connectivity index (χ0n) is 13.0. The summed E-state index contributed by atoms with van der Waals surface area (Å²) < 4.78 is 10.4. The number of anilines is 1. The SMILES string of the molecule is CCCN(CCC)C(=O)Nc1cc(OC)c(Cl)cc1OC. The van der Waals surface area contributed by atoms with Gasteiger partial charge in [0.2, 0.25) is 0 Å². The monoisotopic (exact) mass is 314 g/mol. The molecule has 1 aromatic rings. The first-order valence-corrected chi connectivity index (χ1v) is 7.42. The van der Waals surface area contributed by atoms with Gasteiger partial charge in [-0.25, -0.2) is 4.79 Å². The number of carbonyl (C=O) groups is 1. The molecule has 0 fully saturated rings. The number of methoxy groups -OCH3 is 2. The lowest BCUT2D eigenvalue weighted by Gasteiger charge is -2.22. The third-order valence-electron chi connectivity index (χ3n) is 2.99. The van der Waals surface area contributed by atoms with Crippen molar-refractivity contribution in [3.63, 3.8) is 0 Å². The third-order valence-corrected chi connectivity index (χ3v) is 3.29. The van der Waals surface area contributed by atoms with Crippen molar-refractivity contribution in [2.24, 2.45) is 0 Å². The number of nitrogens with zero attached hydrogens (tertiary/aromatic N) is 1. The Balaban J connectivity index is 2.96. The lowest BCUT2D eigenvalue weighted by atomic mass is 10.2. The number of urea groups is 1. The number of benzene rings is 1. The molecule has 1 aromatic carbocycles. The molecule has 21 heavy (non-hydrogen) atoms. The summed E-state index contributed by atoms with van der Waals surface area (Å²) >= 11 is 6.05. The summed E-state index contributed by atoms with van der Waals surface area (Å²) in [5.74, 6) is 0.993. The van der Waals surface area contributed by atoms with E-state index in [1.165, 1.54) is 14.2 Å². The minimum absolute atomic E-state index is 0.152. The number of amides is 2. The molecule has 1 N–H and O–H groups in total. The van der Waals surface area contributed by atoms with Crippen molar-refractivity contribution >= 4 is 23.3 Å². The lowest BCUT2D eigenvalue weighted by molar-refractivity contribution is 0.211. The van der Waals surface area contributed by atoms with E-state index in [4.69, 9.17) is 21.1 Å². The van der Waals surface area contributed by atoms with Crippen LogP contribution in [0.5, 0.6) is 11.5 Å². The third kappa shape index (κ3) is 4.70. The first kappa shape index (κ1) is 17.4. The Kier molecular flexibility index (Phi) is 7.15. The van der Waals surface area contributed by atoms with Crippen molar-refractivity contribution in [3.05, 3.63) is 17.2 Å². The van der Waals surface area contributed by atoms with Gasteiger partial charge in [0.05, 0.1) is 24.9 Å². The van der Waals surface area contributed by atoms with Gasteiger partial charge in [-0.1, -0.05) is 25.4 Å². The van der Waals surface area contributed by atoms with Crippen molar-refractivity contribution in [2.75, 3.05) is 32.6 Å². The van der Waals surface area contributed by atoms with Gasteiger partial charge in [-0.15, -0.1) is 0 Å². The Morgan fingerprint density at radius 2 is 1.71 bits per heavy atom. The molecule has 0 aromatic heterocycles. The number of hydrogen-bond acceptors (Lipinski definition) is 3. The van der Waals surface area contributed by atoms with Crippen LogP contribution in [0, 0.1) is 0 Å². The number of rotatable bonds is 7. The van der Waals surface area contributed by atoms with E-state index in [0.717, 1.165) is 12.8 Å². The van der Waals surface area contributed by atoms with Crippen molar-refractivity contribution in [2.45, 2.75) is 26.7 Å². The van der Waals surface area contributed by atoms with E-state index in [2.05, 4.69) is 5.32 Å². The van der Waals surface area contributed by atoms with Crippen LogP contribution < -0.4 is 14.8 Å². The van der Waals surface area contributed by atoms with Gasteiger partial charge in [0.15, 0.2) is 0 Å². The van der Waals surface area contributed by atoms with E-state index in [-0.39, 0.29) is 6.03 Å². The second-order valence-electron chi connectivity index (χ2n) is 4.60. The second-order valence-corrected chi connectivity index (χ2v) is 5.01. The van der Waals surface area contributed by atoms with Gasteiger partial charge < -0.3 is 19.7 Å². The van der Waals surface area contributed by atoms with Crippen molar-refractivity contribution in [1.82, 2.24) is 4.90 Å². The van der Waals surface area contributed by atoms with Crippen molar-refractivity contribution in [3.8, 4) is 11.5 Å². The second kappa shape index (κ2) is 8.62. The van der Waals surface area contributed by atoms with Crippen LogP contribution in [0.3, 0.4) is 0 Å². The molecule has 0 unspecified atom stereocenters. The van der Waals surface area contributed by atoms with E-state index in [1.807, 2.05) is 13.8 Å². The molecular formula is C15H23ClN2O3. The number of halogens is 1. The molecular weight excluding hydrogens is 292 g/mol. The first-order valence-electron chi connectivity index (χ1n) is 7.04. The van der Waals surface area contributed by atoms with E-state index in [0.29, 0.717) is 35.3 Å². The number of ether oxygens (including phenoxy) is 2. The zero-order chi connectivity index (χ0) is 15.8. The first-order chi connectivity index (χ1) is 10.1. The summed E-state index contributed by atoms with van der Waals surface area (Å²) in [5, 5.41) is 3.29. The Bertz CT molecular complexity index is 474. The predicted octanol–water partition coefficient (Wildman–Crippen LogP) is 4.01. The fourth-order valence-corrected chi connectivity index (χ4v) is 2.24. The summed E-state index contributed by atoms with van der Waals surface area (Å²) in [6.45, 7) is 5.52. The summed E-state index contributed by atoms with van der Waals surface area (Å²) in [5.41, 5.74) is 0.543. The van der Waals surface area contributed by atoms with Gasteiger partial charge >= 0.3 is 6.03 Å². The number of hydrogen-bond donors (Lipinski definition) is 1. The highest BCUT2D eigenvalue weighted by Gasteiger charge is 2.16. The standard InChI is InChI=1S/C15H23ClN2O3/c1-5-7-18(8-6-2)15(19)17-12-10-13(20-3)11(16)9-14(12)21-4/h9-10H,5-8H2,1-4H3,(H,17,19). The Hall–Kier alpha value is -1.62. The molecule has 0 aliphatic rings. The number of carbonyl (C=O) groups excluding carboxylic acids is 1. The average molecular weight is 315 g/mol. The van der Waals surface area contributed by atoms with Crippen molar-refractivity contribution in [1.29, 1.82) is 0 Å². The van der Waals surface area contributed by atoms with E-state index in [1.54, 1.807) is 17.0 Å². The van der Waals surface area contributed by atoms with Crippen LogP contribution in [0.25, 0.3) is 0 Å². The van der Waals surface area contributed by atoms with E-state index in [9.17, 15) is 4.79 Å². The Morgan fingerprint density at radius 3 is 2.19 bits per heavy atom. The fourth-order valence-electron chi connectivity index (χ4n) is 2.01. The van der Waals surface area contributed by atoms with Crippen molar-refractivity contribution < 1.29 is 14.3 Å². The molecule has 2 amide bonds. The minimum Gasteiger partial charge on any atom is -0.495 e. The molecule has 1 rings (SSSR count). The molecule has 0 atom stereocenters. The van der Waals surface area contributed by atoms with E-state index >= 15 is 0 Å². The van der Waals surface area contributed by atoms with Gasteiger partial charge in [0, 0.05) is 25.2 Å². The summed E-state index contributed by atoms with van der Waals surface area (Å²) in [6, 6.07) is 3.14. The van der Waals surface area contributed by atoms with E-state index < -0.39 is 0 Å². The highest BCUT2D eigenvalue weighted by atomic mass is 35.5. The summed E-state index contributed by atoms with van der Waals surface area (Å²) in [7, 11) is 3.06. The van der Waals surface area contributed by atoms with Crippen LogP contribution >= 0.6 is 11.6 Å². The maximum Gasteiger partial charge on any atom is 0.321 e. The van der Waals surface area contributed by atoms with Crippen LogP contribution in [-0.4, -0.2) is 38.2 Å². The van der Waals surface area contributed by atoms with Crippen LogP contribution in [0.1, 0.15) is 26.7 Å².